The first-order valence-corrected chi connectivity index (χ1v) is 8.37. The van der Waals surface area contributed by atoms with Crippen molar-refractivity contribution in [2.24, 2.45) is 5.92 Å². The maximum Gasteiger partial charge on any atom is 0.270 e. The van der Waals surface area contributed by atoms with E-state index in [9.17, 15) is 9.59 Å². The van der Waals surface area contributed by atoms with Crippen LogP contribution in [0.1, 0.15) is 26.2 Å². The number of hydrogen-bond donors (Lipinski definition) is 2. The van der Waals surface area contributed by atoms with Gasteiger partial charge in [0, 0.05) is 19.6 Å². The molecule has 2 aromatic rings. The summed E-state index contributed by atoms with van der Waals surface area (Å²) in [5.74, 6) is 0.0992. The van der Waals surface area contributed by atoms with Crippen LogP contribution in [-0.4, -0.2) is 40.5 Å². The van der Waals surface area contributed by atoms with Crippen LogP contribution in [0.2, 0.25) is 0 Å². The lowest BCUT2D eigenvalue weighted by atomic mass is 9.97. The zero-order chi connectivity index (χ0) is 15.5. The number of fused-ring (bicyclic) bond motifs is 1. The zero-order valence-electron chi connectivity index (χ0n) is 12.5. The van der Waals surface area contributed by atoms with E-state index in [4.69, 9.17) is 0 Å². The number of nitrogens with one attached hydrogen (secondary N) is 2. The molecule has 0 bridgehead atoms. The number of anilines is 1. The van der Waals surface area contributed by atoms with Crippen molar-refractivity contribution < 1.29 is 4.79 Å². The first-order valence-electron chi connectivity index (χ1n) is 7.56. The van der Waals surface area contributed by atoms with E-state index < -0.39 is 0 Å². The maximum atomic E-state index is 12.1. The molecule has 1 fully saturated rings. The van der Waals surface area contributed by atoms with E-state index in [-0.39, 0.29) is 17.4 Å². The van der Waals surface area contributed by atoms with Crippen LogP contribution < -0.4 is 15.8 Å². The average molecular weight is 321 g/mol. The van der Waals surface area contributed by atoms with Crippen LogP contribution in [0.15, 0.2) is 11.1 Å². The molecule has 118 valence electrons. The largest absolute Gasteiger partial charge is 0.356 e. The Morgan fingerprint density at radius 1 is 1.59 bits per heavy atom. The second-order valence-corrected chi connectivity index (χ2v) is 6.43. The fourth-order valence-electron chi connectivity index (χ4n) is 2.65. The molecule has 0 unspecified atom stereocenters. The van der Waals surface area contributed by atoms with E-state index in [2.05, 4.69) is 25.2 Å². The predicted molar refractivity (Wildman–Crippen MR) is 86.3 cm³/mol. The summed E-state index contributed by atoms with van der Waals surface area (Å²) >= 11 is 1.34. The number of carbonyl (C=O) groups is 1. The number of rotatable bonds is 4. The van der Waals surface area contributed by atoms with Gasteiger partial charge in [-0.15, -0.1) is 0 Å². The molecule has 22 heavy (non-hydrogen) atoms. The van der Waals surface area contributed by atoms with Gasteiger partial charge in [-0.1, -0.05) is 18.3 Å². The van der Waals surface area contributed by atoms with Crippen LogP contribution in [0, 0.1) is 5.92 Å². The minimum absolute atomic E-state index is 0.0152. The summed E-state index contributed by atoms with van der Waals surface area (Å²) in [5.41, 5.74) is 0.310. The van der Waals surface area contributed by atoms with E-state index in [0.717, 1.165) is 37.5 Å². The lowest BCUT2D eigenvalue weighted by molar-refractivity contribution is -0.125. The summed E-state index contributed by atoms with van der Waals surface area (Å²) in [4.78, 5) is 37.1. The normalized spacial score (nSPS) is 18.6. The molecule has 1 atom stereocenters. The van der Waals surface area contributed by atoms with Crippen LogP contribution in [0.25, 0.3) is 10.3 Å². The molecule has 2 N–H and O–H groups in total. The molecule has 8 heteroatoms. The number of hydrogen-bond acceptors (Lipinski definition) is 6. The molecule has 1 amide bonds. The van der Waals surface area contributed by atoms with Gasteiger partial charge < -0.3 is 15.2 Å². The molecule has 0 aliphatic carbocycles. The molecule has 1 aliphatic rings. The van der Waals surface area contributed by atoms with E-state index in [1.807, 2.05) is 6.92 Å². The lowest BCUT2D eigenvalue weighted by Gasteiger charge is -2.31. The van der Waals surface area contributed by atoms with Gasteiger partial charge >= 0.3 is 0 Å². The van der Waals surface area contributed by atoms with Crippen LogP contribution in [0.5, 0.6) is 0 Å². The van der Waals surface area contributed by atoms with Gasteiger partial charge in [0.05, 0.1) is 12.2 Å². The molecule has 3 heterocycles. The topological polar surface area (TPSA) is 91.0 Å². The van der Waals surface area contributed by atoms with E-state index >= 15 is 0 Å². The zero-order valence-corrected chi connectivity index (χ0v) is 13.3. The van der Waals surface area contributed by atoms with Gasteiger partial charge in [0.2, 0.25) is 5.91 Å². The van der Waals surface area contributed by atoms with Crippen LogP contribution >= 0.6 is 11.3 Å². The Morgan fingerprint density at radius 2 is 2.45 bits per heavy atom. The van der Waals surface area contributed by atoms with Gasteiger partial charge in [-0.3, -0.25) is 9.59 Å². The maximum absolute atomic E-state index is 12.1. The van der Waals surface area contributed by atoms with Crippen molar-refractivity contribution in [3.05, 3.63) is 16.7 Å². The minimum Gasteiger partial charge on any atom is -0.356 e. The lowest BCUT2D eigenvalue weighted by Crippen LogP contribution is -2.43. The van der Waals surface area contributed by atoms with Crippen molar-refractivity contribution in [2.75, 3.05) is 24.5 Å². The fourth-order valence-corrected chi connectivity index (χ4v) is 3.60. The van der Waals surface area contributed by atoms with Crippen molar-refractivity contribution in [3.63, 3.8) is 0 Å². The number of piperidine rings is 1. The average Bonchev–Trinajstić information content (AvgIpc) is 2.98. The third-order valence-electron chi connectivity index (χ3n) is 3.80. The van der Waals surface area contributed by atoms with E-state index in [1.165, 1.54) is 17.7 Å². The number of thiazole rings is 1. The van der Waals surface area contributed by atoms with Gasteiger partial charge in [-0.25, -0.2) is 4.98 Å². The number of amides is 1. The van der Waals surface area contributed by atoms with E-state index in [1.54, 1.807) is 0 Å². The number of carbonyl (C=O) groups excluding carboxylic acids is 1. The van der Waals surface area contributed by atoms with Gasteiger partial charge in [-0.2, -0.15) is 4.98 Å². The molecule has 1 aliphatic heterocycles. The highest BCUT2D eigenvalue weighted by Crippen LogP contribution is 2.29. The Kier molecular flexibility index (Phi) is 4.37. The molecule has 1 saturated heterocycles. The molecule has 3 rings (SSSR count). The standard InChI is InChI=1S/C14H19N5O2S/c1-2-5-15-12(20)9-4-3-6-19(7-9)14-18-11-10(22-14)13(21)17-8-16-11/h8-9H,2-7H2,1H3,(H,15,20)(H,16,17,21)/t9-/m1/s1. The first-order chi connectivity index (χ1) is 10.7. The van der Waals surface area contributed by atoms with Gasteiger partial charge in [0.15, 0.2) is 10.8 Å². The summed E-state index contributed by atoms with van der Waals surface area (Å²) in [5, 5.41) is 3.73. The Hall–Kier alpha value is -1.96. The quantitative estimate of drug-likeness (QED) is 0.880. The number of aromatic amines is 1. The van der Waals surface area contributed by atoms with Crippen molar-refractivity contribution in [2.45, 2.75) is 26.2 Å². The summed E-state index contributed by atoms with van der Waals surface area (Å²) in [6.07, 6.45) is 4.15. The molecular formula is C14H19N5O2S. The molecule has 7 nitrogen and oxygen atoms in total. The van der Waals surface area contributed by atoms with Gasteiger partial charge in [0.1, 0.15) is 4.70 Å². The van der Waals surface area contributed by atoms with Crippen molar-refractivity contribution in [1.82, 2.24) is 20.3 Å². The summed E-state index contributed by atoms with van der Waals surface area (Å²) in [7, 11) is 0. The summed E-state index contributed by atoms with van der Waals surface area (Å²) < 4.78 is 0.537. The third-order valence-corrected chi connectivity index (χ3v) is 4.90. The predicted octanol–water partition coefficient (Wildman–Crippen LogP) is 1.12. The van der Waals surface area contributed by atoms with Crippen molar-refractivity contribution >= 4 is 32.7 Å². The molecule has 0 radical (unpaired) electrons. The van der Waals surface area contributed by atoms with Crippen LogP contribution in [0.3, 0.4) is 0 Å². The summed E-state index contributed by atoms with van der Waals surface area (Å²) in [6.45, 7) is 4.26. The number of nitrogens with zero attached hydrogens (tertiary/aromatic N) is 3. The molecule has 2 aromatic heterocycles. The Morgan fingerprint density at radius 3 is 3.23 bits per heavy atom. The molecule has 0 spiro atoms. The monoisotopic (exact) mass is 321 g/mol. The highest BCUT2D eigenvalue weighted by Gasteiger charge is 2.27. The summed E-state index contributed by atoms with van der Waals surface area (Å²) in [6, 6.07) is 0. The minimum atomic E-state index is -0.164. The number of H-pyrrole nitrogens is 1. The van der Waals surface area contributed by atoms with Crippen molar-refractivity contribution in [1.29, 1.82) is 0 Å². The Labute approximate surface area is 131 Å². The highest BCUT2D eigenvalue weighted by molar-refractivity contribution is 7.22. The second kappa shape index (κ2) is 6.43. The Bertz CT molecular complexity index is 725. The van der Waals surface area contributed by atoms with Crippen LogP contribution in [0.4, 0.5) is 5.13 Å². The molecule has 0 aromatic carbocycles. The smallest absolute Gasteiger partial charge is 0.270 e. The van der Waals surface area contributed by atoms with Gasteiger partial charge in [0.25, 0.3) is 5.56 Å². The Balaban J connectivity index is 1.77. The highest BCUT2D eigenvalue weighted by atomic mass is 32.1. The SMILES string of the molecule is CCCNC(=O)[C@@H]1CCCN(c2nc3nc[nH]c(=O)c3s2)C1. The molecule has 0 saturated carbocycles. The van der Waals surface area contributed by atoms with Gasteiger partial charge in [-0.05, 0) is 19.3 Å². The molecular weight excluding hydrogens is 302 g/mol. The van der Waals surface area contributed by atoms with E-state index in [0.29, 0.717) is 16.9 Å². The second-order valence-electron chi connectivity index (χ2n) is 5.46. The first kappa shape index (κ1) is 15.0. The number of aromatic nitrogens is 3. The fraction of sp³-hybridized carbons (Fsp3) is 0.571. The van der Waals surface area contributed by atoms with Crippen molar-refractivity contribution in [3.8, 4) is 0 Å². The third kappa shape index (κ3) is 2.96. The van der Waals surface area contributed by atoms with Crippen LogP contribution in [-0.2, 0) is 4.79 Å².